The number of fused-ring (bicyclic) bond motifs is 6. The van der Waals surface area contributed by atoms with E-state index in [9.17, 15) is 19.1 Å². The van der Waals surface area contributed by atoms with Gasteiger partial charge in [0.15, 0.2) is 29.2 Å². The van der Waals surface area contributed by atoms with Gasteiger partial charge in [0.1, 0.15) is 5.69 Å². The number of carbonyl (C=O) groups excluding carboxylic acids is 1. The van der Waals surface area contributed by atoms with Crippen molar-refractivity contribution in [2.45, 2.75) is 29.4 Å². The van der Waals surface area contributed by atoms with Crippen LogP contribution in [0.3, 0.4) is 0 Å². The molecular formula is C25H18F2N6O3S. The van der Waals surface area contributed by atoms with Crippen LogP contribution in [-0.4, -0.2) is 42.1 Å². The molecule has 2 aromatic carbocycles. The lowest BCUT2D eigenvalue weighted by molar-refractivity contribution is 0.0464. The van der Waals surface area contributed by atoms with Crippen molar-refractivity contribution in [2.24, 2.45) is 0 Å². The number of benzene rings is 2. The molecule has 186 valence electrons. The lowest BCUT2D eigenvalue weighted by Gasteiger charge is -2.51. The van der Waals surface area contributed by atoms with Gasteiger partial charge in [-0.3, -0.25) is 19.3 Å². The minimum Gasteiger partial charge on any atom is -0.502 e. The summed E-state index contributed by atoms with van der Waals surface area (Å²) in [7, 11) is 0. The SMILES string of the molecule is O=C1c2c(O)c(=O)ccn2N([C@@H]2c3ccccc3SCc3c2ccc(F)c3F)C2c3cnnn3CCN12. The van der Waals surface area contributed by atoms with Gasteiger partial charge in [-0.15, -0.1) is 16.9 Å². The Morgan fingerprint density at radius 1 is 1.03 bits per heavy atom. The summed E-state index contributed by atoms with van der Waals surface area (Å²) < 4.78 is 32.8. The Kier molecular flexibility index (Phi) is 4.71. The maximum absolute atomic E-state index is 15.2. The van der Waals surface area contributed by atoms with Gasteiger partial charge in [0.25, 0.3) is 5.91 Å². The van der Waals surface area contributed by atoms with Crippen molar-refractivity contribution in [1.29, 1.82) is 0 Å². The molecule has 0 spiro atoms. The molecule has 0 bridgehead atoms. The third-order valence-electron chi connectivity index (χ3n) is 7.15. The van der Waals surface area contributed by atoms with Gasteiger partial charge in [-0.25, -0.2) is 13.5 Å². The quantitative estimate of drug-likeness (QED) is 0.412. The molecule has 0 fully saturated rings. The first-order chi connectivity index (χ1) is 18.0. The smallest absolute Gasteiger partial charge is 0.278 e. The Labute approximate surface area is 212 Å². The summed E-state index contributed by atoms with van der Waals surface area (Å²) in [6.45, 7) is 0.614. The van der Waals surface area contributed by atoms with Crippen LogP contribution in [0, 0.1) is 11.6 Å². The minimum absolute atomic E-state index is 0.191. The Balaban J connectivity index is 1.58. The maximum atomic E-state index is 15.2. The highest BCUT2D eigenvalue weighted by Gasteiger charge is 2.48. The number of pyridine rings is 1. The molecule has 0 aliphatic carbocycles. The third kappa shape index (κ3) is 3.02. The van der Waals surface area contributed by atoms with Crippen molar-refractivity contribution in [1.82, 2.24) is 24.6 Å². The second-order valence-electron chi connectivity index (χ2n) is 9.01. The number of hydrogen-bond donors (Lipinski definition) is 1. The highest BCUT2D eigenvalue weighted by atomic mass is 32.2. The van der Waals surface area contributed by atoms with Gasteiger partial charge in [0.05, 0.1) is 18.8 Å². The summed E-state index contributed by atoms with van der Waals surface area (Å²) >= 11 is 1.39. The normalized spacial score (nSPS) is 19.9. The van der Waals surface area contributed by atoms with Crippen LogP contribution >= 0.6 is 11.8 Å². The van der Waals surface area contributed by atoms with Gasteiger partial charge in [-0.2, -0.15) is 0 Å². The van der Waals surface area contributed by atoms with E-state index >= 15 is 4.39 Å². The number of aromatic nitrogens is 4. The second-order valence-corrected chi connectivity index (χ2v) is 10.0. The standard InChI is InChI=1S/C25H18F2N6O3S/c26-16-6-5-13-15(20(16)27)12-37-19-4-2-1-3-14(19)21(13)33-24-17-11-28-29-31(17)10-9-30(24)25(36)22-23(35)18(34)7-8-32(22)33/h1-8,11,21,24,35H,9-10,12H2/t21-,24?/m0/s1. The van der Waals surface area contributed by atoms with E-state index in [0.717, 1.165) is 16.5 Å². The molecule has 1 N–H and O–H groups in total. The lowest BCUT2D eigenvalue weighted by atomic mass is 9.92. The van der Waals surface area contributed by atoms with E-state index in [4.69, 9.17) is 0 Å². The molecule has 7 rings (SSSR count). The van der Waals surface area contributed by atoms with Gasteiger partial charge >= 0.3 is 0 Å². The molecule has 1 unspecified atom stereocenters. The van der Waals surface area contributed by atoms with Gasteiger partial charge in [-0.05, 0) is 23.3 Å². The Hall–Kier alpha value is -4.19. The van der Waals surface area contributed by atoms with Crippen molar-refractivity contribution in [3.63, 3.8) is 0 Å². The first-order valence-corrected chi connectivity index (χ1v) is 12.6. The van der Waals surface area contributed by atoms with E-state index < -0.39 is 40.9 Å². The number of amides is 1. The zero-order valence-electron chi connectivity index (χ0n) is 19.1. The Bertz CT molecular complexity index is 1670. The fourth-order valence-electron chi connectivity index (χ4n) is 5.49. The molecule has 4 aromatic rings. The molecule has 0 saturated carbocycles. The van der Waals surface area contributed by atoms with Crippen molar-refractivity contribution >= 4 is 17.7 Å². The van der Waals surface area contributed by atoms with E-state index in [2.05, 4.69) is 10.3 Å². The van der Waals surface area contributed by atoms with E-state index in [1.807, 2.05) is 29.3 Å². The molecule has 0 saturated heterocycles. The molecule has 5 heterocycles. The number of rotatable bonds is 1. The van der Waals surface area contributed by atoms with Crippen LogP contribution in [-0.2, 0) is 12.3 Å². The summed E-state index contributed by atoms with van der Waals surface area (Å²) in [5, 5.41) is 20.8. The van der Waals surface area contributed by atoms with Gasteiger partial charge in [0.2, 0.25) is 5.43 Å². The first-order valence-electron chi connectivity index (χ1n) is 11.6. The number of aromatic hydroxyl groups is 1. The van der Waals surface area contributed by atoms with Gasteiger partial charge < -0.3 is 10.0 Å². The number of thioether (sulfide) groups is 1. The van der Waals surface area contributed by atoms with Crippen LogP contribution in [0.2, 0.25) is 0 Å². The third-order valence-corrected chi connectivity index (χ3v) is 8.27. The van der Waals surface area contributed by atoms with E-state index in [-0.39, 0.29) is 23.6 Å². The van der Waals surface area contributed by atoms with Crippen LogP contribution in [0.25, 0.3) is 0 Å². The highest BCUT2D eigenvalue weighted by Crippen LogP contribution is 2.47. The molecule has 3 aliphatic rings. The second kappa shape index (κ2) is 7.90. The first kappa shape index (κ1) is 22.0. The van der Waals surface area contributed by atoms with E-state index in [1.165, 1.54) is 28.7 Å². The van der Waals surface area contributed by atoms with Crippen molar-refractivity contribution in [3.05, 3.63) is 105 Å². The largest absolute Gasteiger partial charge is 0.502 e. The molecule has 12 heteroatoms. The monoisotopic (exact) mass is 520 g/mol. The summed E-state index contributed by atoms with van der Waals surface area (Å²) in [5.41, 5.74) is 1.26. The van der Waals surface area contributed by atoms with Crippen LogP contribution in [0.4, 0.5) is 8.78 Å². The summed E-state index contributed by atoms with van der Waals surface area (Å²) in [6.07, 6.45) is 2.23. The number of carbonyl (C=O) groups is 1. The fraction of sp³-hybridized carbons (Fsp3) is 0.200. The summed E-state index contributed by atoms with van der Waals surface area (Å²) in [5.74, 6) is -2.86. The number of hydrogen-bond acceptors (Lipinski definition) is 7. The topological polar surface area (TPSA) is 96.5 Å². The minimum atomic E-state index is -0.943. The van der Waals surface area contributed by atoms with Gasteiger partial charge in [-0.1, -0.05) is 29.5 Å². The lowest BCUT2D eigenvalue weighted by Crippen LogP contribution is -2.60. The zero-order valence-corrected chi connectivity index (χ0v) is 19.9. The van der Waals surface area contributed by atoms with E-state index in [0.29, 0.717) is 17.8 Å². The van der Waals surface area contributed by atoms with Crippen molar-refractivity contribution < 1.29 is 18.7 Å². The Morgan fingerprint density at radius 2 is 1.86 bits per heavy atom. The average Bonchev–Trinajstić information content (AvgIpc) is 3.32. The van der Waals surface area contributed by atoms with Crippen LogP contribution < -0.4 is 10.4 Å². The molecule has 2 aromatic heterocycles. The van der Waals surface area contributed by atoms with Gasteiger partial charge in [0, 0.05) is 35.0 Å². The highest BCUT2D eigenvalue weighted by molar-refractivity contribution is 7.98. The molecule has 9 nitrogen and oxygen atoms in total. The van der Waals surface area contributed by atoms with Crippen molar-refractivity contribution in [2.75, 3.05) is 11.6 Å². The molecule has 3 aliphatic heterocycles. The zero-order chi connectivity index (χ0) is 25.4. The number of halogens is 2. The number of nitrogens with zero attached hydrogens (tertiary/aromatic N) is 6. The molecule has 2 atom stereocenters. The van der Waals surface area contributed by atoms with Crippen molar-refractivity contribution in [3.8, 4) is 5.75 Å². The molecule has 0 radical (unpaired) electrons. The van der Waals surface area contributed by atoms with Crippen LogP contribution in [0.5, 0.6) is 5.75 Å². The Morgan fingerprint density at radius 3 is 2.73 bits per heavy atom. The van der Waals surface area contributed by atoms with Crippen LogP contribution in [0.15, 0.2) is 64.5 Å². The van der Waals surface area contributed by atoms with E-state index in [1.54, 1.807) is 21.8 Å². The molecule has 37 heavy (non-hydrogen) atoms. The van der Waals surface area contributed by atoms with Crippen LogP contribution in [0.1, 0.15) is 45.1 Å². The summed E-state index contributed by atoms with van der Waals surface area (Å²) in [4.78, 5) is 28.5. The predicted molar refractivity (Wildman–Crippen MR) is 129 cm³/mol. The fourth-order valence-corrected chi connectivity index (χ4v) is 6.61. The maximum Gasteiger partial charge on any atom is 0.278 e. The molecular weight excluding hydrogens is 502 g/mol. The molecule has 1 amide bonds. The summed E-state index contributed by atoms with van der Waals surface area (Å²) in [6, 6.07) is 10.7. The predicted octanol–water partition coefficient (Wildman–Crippen LogP) is 2.93. The average molecular weight is 521 g/mol.